The van der Waals surface area contributed by atoms with Gasteiger partial charge >= 0.3 is 5.97 Å². The summed E-state index contributed by atoms with van der Waals surface area (Å²) in [6.07, 6.45) is 3.44. The fourth-order valence-corrected chi connectivity index (χ4v) is 2.28. The van der Waals surface area contributed by atoms with Gasteiger partial charge in [-0.2, -0.15) is 0 Å². The average molecular weight is 270 g/mol. The van der Waals surface area contributed by atoms with Gasteiger partial charge in [0, 0.05) is 19.3 Å². The lowest BCUT2D eigenvalue weighted by Gasteiger charge is -2.32. The number of ether oxygens (including phenoxy) is 1. The van der Waals surface area contributed by atoms with E-state index in [0.717, 1.165) is 25.2 Å². The number of aromatic nitrogens is 2. The molecule has 1 fully saturated rings. The van der Waals surface area contributed by atoms with Gasteiger partial charge in [0.25, 0.3) is 0 Å². The van der Waals surface area contributed by atoms with E-state index in [1.807, 2.05) is 6.92 Å². The summed E-state index contributed by atoms with van der Waals surface area (Å²) in [5.74, 6) is 0.568. The molecule has 6 heteroatoms. The van der Waals surface area contributed by atoms with Crippen molar-refractivity contribution in [3.63, 3.8) is 0 Å². The van der Waals surface area contributed by atoms with Crippen molar-refractivity contribution < 1.29 is 9.53 Å². The number of hydrogen-bond acceptors (Lipinski definition) is 5. The van der Waals surface area contributed by atoms with Crippen LogP contribution in [-0.2, 0) is 9.53 Å². The van der Waals surface area contributed by atoms with Crippen LogP contribution in [0.25, 0.3) is 0 Å². The van der Waals surface area contributed by atoms with Crippen LogP contribution in [0.2, 0.25) is 5.28 Å². The second kappa shape index (κ2) is 6.00. The molecule has 98 valence electrons. The Morgan fingerprint density at radius 3 is 3.22 bits per heavy atom. The van der Waals surface area contributed by atoms with Gasteiger partial charge in [-0.1, -0.05) is 0 Å². The van der Waals surface area contributed by atoms with Crippen molar-refractivity contribution in [1.82, 2.24) is 9.97 Å². The van der Waals surface area contributed by atoms with Gasteiger partial charge in [-0.05, 0) is 37.4 Å². The molecular weight excluding hydrogens is 254 g/mol. The molecule has 0 unspecified atom stereocenters. The predicted octanol–water partition coefficient (Wildman–Crippen LogP) is 1.91. The first-order valence-electron chi connectivity index (χ1n) is 6.11. The second-order valence-electron chi connectivity index (χ2n) is 4.22. The van der Waals surface area contributed by atoms with Gasteiger partial charge in [-0.3, -0.25) is 4.79 Å². The Morgan fingerprint density at radius 1 is 1.67 bits per heavy atom. The van der Waals surface area contributed by atoms with Crippen LogP contribution in [0.5, 0.6) is 0 Å². The summed E-state index contributed by atoms with van der Waals surface area (Å²) in [6.45, 7) is 3.76. The molecule has 2 heterocycles. The first-order valence-corrected chi connectivity index (χ1v) is 6.48. The Labute approximate surface area is 111 Å². The molecule has 2 rings (SSSR count). The van der Waals surface area contributed by atoms with Crippen molar-refractivity contribution in [3.05, 3.63) is 17.5 Å². The fraction of sp³-hybridized carbons (Fsp3) is 0.583. The Bertz CT molecular complexity index is 428. The third kappa shape index (κ3) is 3.10. The highest BCUT2D eigenvalue weighted by atomic mass is 35.5. The predicted molar refractivity (Wildman–Crippen MR) is 68.6 cm³/mol. The highest BCUT2D eigenvalue weighted by Crippen LogP contribution is 2.22. The van der Waals surface area contributed by atoms with E-state index >= 15 is 0 Å². The first-order chi connectivity index (χ1) is 8.70. The quantitative estimate of drug-likeness (QED) is 0.620. The highest BCUT2D eigenvalue weighted by molar-refractivity contribution is 6.28. The Morgan fingerprint density at radius 2 is 2.50 bits per heavy atom. The van der Waals surface area contributed by atoms with Crippen LogP contribution >= 0.6 is 11.6 Å². The second-order valence-corrected chi connectivity index (χ2v) is 4.56. The molecule has 1 aliphatic rings. The smallest absolute Gasteiger partial charge is 0.310 e. The first kappa shape index (κ1) is 13.1. The maximum atomic E-state index is 11.7. The monoisotopic (exact) mass is 269 g/mol. The number of halogens is 1. The topological polar surface area (TPSA) is 55.3 Å². The number of piperidine rings is 1. The SMILES string of the molecule is CCOC(=O)[C@H]1CCCN(c2ccnc(Cl)n2)C1. The standard InChI is InChI=1S/C12H16ClN3O2/c1-2-18-11(17)9-4-3-7-16(8-9)10-5-6-14-12(13)15-10/h5-6,9H,2-4,7-8H2,1H3/t9-/m0/s1. The fourth-order valence-electron chi connectivity index (χ4n) is 2.14. The van der Waals surface area contributed by atoms with E-state index < -0.39 is 0 Å². The summed E-state index contributed by atoms with van der Waals surface area (Å²) in [5, 5.41) is 0.228. The van der Waals surface area contributed by atoms with Crippen LogP contribution in [0, 0.1) is 5.92 Å². The van der Waals surface area contributed by atoms with Gasteiger partial charge in [0.1, 0.15) is 5.82 Å². The van der Waals surface area contributed by atoms with Crippen molar-refractivity contribution >= 4 is 23.4 Å². The van der Waals surface area contributed by atoms with Crippen molar-refractivity contribution in [2.75, 3.05) is 24.6 Å². The average Bonchev–Trinajstić information content (AvgIpc) is 2.39. The zero-order valence-electron chi connectivity index (χ0n) is 10.3. The number of anilines is 1. The molecule has 0 aliphatic carbocycles. The molecule has 1 aromatic heterocycles. The van der Waals surface area contributed by atoms with Gasteiger partial charge in [0.2, 0.25) is 5.28 Å². The van der Waals surface area contributed by atoms with Crippen molar-refractivity contribution in [2.45, 2.75) is 19.8 Å². The van der Waals surface area contributed by atoms with Crippen LogP contribution in [0.4, 0.5) is 5.82 Å². The zero-order chi connectivity index (χ0) is 13.0. The minimum atomic E-state index is -0.123. The number of carbonyl (C=O) groups excluding carboxylic acids is 1. The van der Waals surface area contributed by atoms with Crippen LogP contribution < -0.4 is 4.90 Å². The minimum Gasteiger partial charge on any atom is -0.466 e. The molecule has 1 aromatic rings. The van der Waals surface area contributed by atoms with Gasteiger partial charge in [-0.15, -0.1) is 0 Å². The van der Waals surface area contributed by atoms with Gasteiger partial charge in [-0.25, -0.2) is 9.97 Å². The largest absolute Gasteiger partial charge is 0.466 e. The number of rotatable bonds is 3. The Hall–Kier alpha value is -1.36. The van der Waals surface area contributed by atoms with Crippen LogP contribution in [0.3, 0.4) is 0 Å². The maximum absolute atomic E-state index is 11.7. The lowest BCUT2D eigenvalue weighted by atomic mass is 9.98. The maximum Gasteiger partial charge on any atom is 0.310 e. The lowest BCUT2D eigenvalue weighted by molar-refractivity contribution is -0.148. The molecule has 0 bridgehead atoms. The van der Waals surface area contributed by atoms with E-state index in [9.17, 15) is 4.79 Å². The van der Waals surface area contributed by atoms with Crippen molar-refractivity contribution in [1.29, 1.82) is 0 Å². The Kier molecular flexibility index (Phi) is 4.36. The van der Waals surface area contributed by atoms with Gasteiger partial charge in [0.15, 0.2) is 0 Å². The van der Waals surface area contributed by atoms with Crippen LogP contribution in [0.15, 0.2) is 12.3 Å². The number of hydrogen-bond donors (Lipinski definition) is 0. The summed E-state index contributed by atoms with van der Waals surface area (Å²) in [5.41, 5.74) is 0. The molecule has 5 nitrogen and oxygen atoms in total. The van der Waals surface area contributed by atoms with Crippen LogP contribution in [-0.4, -0.2) is 35.6 Å². The molecule has 0 amide bonds. The molecule has 1 aliphatic heterocycles. The number of carbonyl (C=O) groups is 1. The molecule has 0 radical (unpaired) electrons. The van der Waals surface area contributed by atoms with Crippen molar-refractivity contribution in [3.8, 4) is 0 Å². The van der Waals surface area contributed by atoms with E-state index in [4.69, 9.17) is 16.3 Å². The molecule has 1 atom stereocenters. The molecule has 0 saturated carbocycles. The third-order valence-electron chi connectivity index (χ3n) is 2.98. The summed E-state index contributed by atoms with van der Waals surface area (Å²) in [4.78, 5) is 21.8. The molecule has 1 saturated heterocycles. The third-order valence-corrected chi connectivity index (χ3v) is 3.16. The zero-order valence-corrected chi connectivity index (χ0v) is 11.1. The van der Waals surface area contributed by atoms with E-state index in [1.165, 1.54) is 0 Å². The lowest BCUT2D eigenvalue weighted by Crippen LogP contribution is -2.39. The Balaban J connectivity index is 2.04. The summed E-state index contributed by atoms with van der Waals surface area (Å²) in [7, 11) is 0. The number of esters is 1. The van der Waals surface area contributed by atoms with E-state index in [0.29, 0.717) is 13.2 Å². The molecule has 0 N–H and O–H groups in total. The van der Waals surface area contributed by atoms with Crippen LogP contribution in [0.1, 0.15) is 19.8 Å². The summed E-state index contributed by atoms with van der Waals surface area (Å²) >= 11 is 5.77. The van der Waals surface area contributed by atoms with E-state index in [-0.39, 0.29) is 17.2 Å². The summed E-state index contributed by atoms with van der Waals surface area (Å²) in [6, 6.07) is 1.80. The minimum absolute atomic E-state index is 0.0764. The van der Waals surface area contributed by atoms with Gasteiger partial charge in [0.05, 0.1) is 12.5 Å². The van der Waals surface area contributed by atoms with Gasteiger partial charge < -0.3 is 9.64 Å². The van der Waals surface area contributed by atoms with Crippen molar-refractivity contribution in [2.24, 2.45) is 5.92 Å². The molecule has 0 spiro atoms. The molecule has 18 heavy (non-hydrogen) atoms. The molecule has 0 aromatic carbocycles. The highest BCUT2D eigenvalue weighted by Gasteiger charge is 2.27. The number of nitrogens with zero attached hydrogens (tertiary/aromatic N) is 3. The normalized spacial score (nSPS) is 19.7. The summed E-state index contributed by atoms with van der Waals surface area (Å²) < 4.78 is 5.06. The van der Waals surface area contributed by atoms with E-state index in [2.05, 4.69) is 14.9 Å². The molecular formula is C12H16ClN3O2. The van der Waals surface area contributed by atoms with E-state index in [1.54, 1.807) is 12.3 Å².